The van der Waals surface area contributed by atoms with E-state index in [1.54, 1.807) is 0 Å². The van der Waals surface area contributed by atoms with Crippen LogP contribution in [0, 0.1) is 6.92 Å². The van der Waals surface area contributed by atoms with E-state index < -0.39 is 0 Å². The second kappa shape index (κ2) is 9.35. The van der Waals surface area contributed by atoms with Crippen LogP contribution in [0.5, 0.6) is 0 Å². The van der Waals surface area contributed by atoms with Gasteiger partial charge in [0.1, 0.15) is 0 Å². The number of amides is 2. The van der Waals surface area contributed by atoms with Gasteiger partial charge in [0.2, 0.25) is 0 Å². The molecule has 128 valence electrons. The second-order valence-corrected chi connectivity index (χ2v) is 5.77. The third-order valence-corrected chi connectivity index (χ3v) is 4.06. The Balaban J connectivity index is 1.79. The fraction of sp³-hybridized carbons (Fsp3) is 0.647. The van der Waals surface area contributed by atoms with Gasteiger partial charge in [-0.3, -0.25) is 4.98 Å². The molecule has 2 heterocycles. The highest BCUT2D eigenvalue weighted by atomic mass is 16.5. The Kier molecular flexibility index (Phi) is 7.13. The van der Waals surface area contributed by atoms with Gasteiger partial charge in [-0.05, 0) is 38.3 Å². The van der Waals surface area contributed by atoms with Gasteiger partial charge in [-0.2, -0.15) is 0 Å². The summed E-state index contributed by atoms with van der Waals surface area (Å²) in [5.74, 6) is 0. The molecule has 1 N–H and O–H groups in total. The van der Waals surface area contributed by atoms with E-state index >= 15 is 0 Å². The molecule has 1 aliphatic rings. The van der Waals surface area contributed by atoms with Crippen LogP contribution in [0.25, 0.3) is 0 Å². The monoisotopic (exact) mass is 320 g/mol. The fourth-order valence-corrected chi connectivity index (χ4v) is 2.81. The van der Waals surface area contributed by atoms with E-state index in [4.69, 9.17) is 4.74 Å². The zero-order chi connectivity index (χ0) is 16.5. The number of hydrogen-bond donors (Lipinski definition) is 1. The van der Waals surface area contributed by atoms with E-state index in [-0.39, 0.29) is 6.03 Å². The maximum Gasteiger partial charge on any atom is 0.317 e. The largest absolute Gasteiger partial charge is 0.382 e. The topological polar surface area (TPSA) is 57.7 Å². The summed E-state index contributed by atoms with van der Waals surface area (Å²) in [5, 5.41) is 2.98. The van der Waals surface area contributed by atoms with Gasteiger partial charge in [0.05, 0.1) is 0 Å². The second-order valence-electron chi connectivity index (χ2n) is 5.77. The molecule has 0 radical (unpaired) electrons. The smallest absolute Gasteiger partial charge is 0.317 e. The molecular formula is C17H28N4O2. The molecule has 1 aliphatic heterocycles. The van der Waals surface area contributed by atoms with Crippen molar-refractivity contribution < 1.29 is 9.53 Å². The average Bonchev–Trinajstić information content (AvgIpc) is 2.81. The molecule has 6 heteroatoms. The lowest BCUT2D eigenvalue weighted by Gasteiger charge is -2.25. The van der Waals surface area contributed by atoms with E-state index in [1.807, 2.05) is 24.2 Å². The van der Waals surface area contributed by atoms with E-state index in [1.165, 1.54) is 11.3 Å². The van der Waals surface area contributed by atoms with Crippen LogP contribution in [0.3, 0.4) is 0 Å². The van der Waals surface area contributed by atoms with Crippen LogP contribution in [0.15, 0.2) is 18.5 Å². The number of hydrogen-bond acceptors (Lipinski definition) is 4. The minimum atomic E-state index is 0.0369. The molecule has 0 spiro atoms. The van der Waals surface area contributed by atoms with Crippen LogP contribution in [0.1, 0.15) is 25.3 Å². The highest BCUT2D eigenvalue weighted by molar-refractivity contribution is 5.74. The normalized spacial score (nSPS) is 15.4. The number of rotatable bonds is 6. The SMILES string of the molecule is CCOCCCNC(=O)N1CCCN(c2ccncc2C)CC1. The lowest BCUT2D eigenvalue weighted by Crippen LogP contribution is -2.42. The number of carbonyl (C=O) groups excluding carboxylic acids is 1. The Hall–Kier alpha value is -1.82. The summed E-state index contributed by atoms with van der Waals surface area (Å²) in [6.45, 7) is 9.54. The van der Waals surface area contributed by atoms with Crippen molar-refractivity contribution in [3.05, 3.63) is 24.0 Å². The van der Waals surface area contributed by atoms with Gasteiger partial charge in [0.15, 0.2) is 0 Å². The van der Waals surface area contributed by atoms with Crippen LogP contribution in [0.4, 0.5) is 10.5 Å². The van der Waals surface area contributed by atoms with Crippen LogP contribution in [-0.4, -0.2) is 61.9 Å². The first-order valence-electron chi connectivity index (χ1n) is 8.48. The van der Waals surface area contributed by atoms with Gasteiger partial charge >= 0.3 is 6.03 Å². The Bertz CT molecular complexity index is 495. The number of carbonyl (C=O) groups is 1. The molecule has 0 saturated carbocycles. The minimum absolute atomic E-state index is 0.0369. The molecule has 1 aromatic heterocycles. The molecule has 0 aromatic carbocycles. The zero-order valence-electron chi connectivity index (χ0n) is 14.3. The molecular weight excluding hydrogens is 292 g/mol. The summed E-state index contributed by atoms with van der Waals surface area (Å²) < 4.78 is 5.28. The van der Waals surface area contributed by atoms with Crippen molar-refractivity contribution >= 4 is 11.7 Å². The first-order valence-corrected chi connectivity index (χ1v) is 8.48. The number of urea groups is 1. The average molecular weight is 320 g/mol. The summed E-state index contributed by atoms with van der Waals surface area (Å²) in [5.41, 5.74) is 2.40. The first kappa shape index (κ1) is 17.5. The number of anilines is 1. The number of pyridine rings is 1. The van der Waals surface area contributed by atoms with Crippen molar-refractivity contribution in [2.75, 3.05) is 50.8 Å². The first-order chi connectivity index (χ1) is 11.2. The van der Waals surface area contributed by atoms with Gasteiger partial charge in [0.25, 0.3) is 0 Å². The molecule has 0 atom stereocenters. The molecule has 0 unspecified atom stereocenters. The predicted molar refractivity (Wildman–Crippen MR) is 91.9 cm³/mol. The van der Waals surface area contributed by atoms with Crippen molar-refractivity contribution in [1.82, 2.24) is 15.2 Å². The highest BCUT2D eigenvalue weighted by Gasteiger charge is 2.19. The number of aromatic nitrogens is 1. The number of ether oxygens (including phenoxy) is 1. The Morgan fingerprint density at radius 1 is 1.35 bits per heavy atom. The Labute approximate surface area is 138 Å². The molecule has 1 fully saturated rings. The van der Waals surface area contributed by atoms with Crippen molar-refractivity contribution in [1.29, 1.82) is 0 Å². The van der Waals surface area contributed by atoms with Crippen LogP contribution >= 0.6 is 0 Å². The van der Waals surface area contributed by atoms with Crippen LogP contribution in [0.2, 0.25) is 0 Å². The molecule has 1 aromatic rings. The highest BCUT2D eigenvalue weighted by Crippen LogP contribution is 2.19. The van der Waals surface area contributed by atoms with Gasteiger partial charge in [-0.1, -0.05) is 0 Å². The number of nitrogens with zero attached hydrogens (tertiary/aromatic N) is 3. The summed E-state index contributed by atoms with van der Waals surface area (Å²) in [4.78, 5) is 20.6. The molecule has 6 nitrogen and oxygen atoms in total. The number of nitrogens with one attached hydrogen (secondary N) is 1. The van der Waals surface area contributed by atoms with Gasteiger partial charge in [-0.25, -0.2) is 4.79 Å². The summed E-state index contributed by atoms with van der Waals surface area (Å²) in [6, 6.07) is 2.09. The molecule has 0 bridgehead atoms. The summed E-state index contributed by atoms with van der Waals surface area (Å²) in [6.07, 6.45) is 5.56. The third-order valence-electron chi connectivity index (χ3n) is 4.06. The van der Waals surface area contributed by atoms with Crippen LogP contribution < -0.4 is 10.2 Å². The lowest BCUT2D eigenvalue weighted by molar-refractivity contribution is 0.144. The molecule has 1 saturated heterocycles. The standard InChI is InChI=1S/C17H28N4O2/c1-3-23-13-4-7-19-17(22)21-10-5-9-20(11-12-21)16-6-8-18-14-15(16)2/h6,8,14H,3-5,7,9-13H2,1-2H3,(H,19,22). The minimum Gasteiger partial charge on any atom is -0.382 e. The summed E-state index contributed by atoms with van der Waals surface area (Å²) in [7, 11) is 0. The van der Waals surface area contributed by atoms with E-state index in [0.717, 1.165) is 45.6 Å². The Morgan fingerprint density at radius 2 is 2.22 bits per heavy atom. The van der Waals surface area contributed by atoms with Crippen molar-refractivity contribution in [3.63, 3.8) is 0 Å². The summed E-state index contributed by atoms with van der Waals surface area (Å²) >= 11 is 0. The fourth-order valence-electron chi connectivity index (χ4n) is 2.81. The van der Waals surface area contributed by atoms with E-state index in [0.29, 0.717) is 13.2 Å². The third kappa shape index (κ3) is 5.39. The molecule has 23 heavy (non-hydrogen) atoms. The Morgan fingerprint density at radius 3 is 3.00 bits per heavy atom. The quantitative estimate of drug-likeness (QED) is 0.815. The zero-order valence-corrected chi connectivity index (χ0v) is 14.3. The lowest BCUT2D eigenvalue weighted by atomic mass is 10.2. The van der Waals surface area contributed by atoms with Gasteiger partial charge in [-0.15, -0.1) is 0 Å². The predicted octanol–water partition coefficient (Wildman–Crippen LogP) is 2.04. The van der Waals surface area contributed by atoms with Crippen LogP contribution in [-0.2, 0) is 4.74 Å². The van der Waals surface area contributed by atoms with Gasteiger partial charge in [0, 0.05) is 64.0 Å². The molecule has 2 rings (SSSR count). The van der Waals surface area contributed by atoms with E-state index in [9.17, 15) is 4.79 Å². The number of aryl methyl sites for hydroxylation is 1. The maximum atomic E-state index is 12.2. The molecule has 2 amide bonds. The van der Waals surface area contributed by atoms with Crippen molar-refractivity contribution in [2.45, 2.75) is 26.7 Å². The van der Waals surface area contributed by atoms with Crippen molar-refractivity contribution in [2.24, 2.45) is 0 Å². The molecule has 0 aliphatic carbocycles. The van der Waals surface area contributed by atoms with Gasteiger partial charge < -0.3 is 19.9 Å². The maximum absolute atomic E-state index is 12.2. The van der Waals surface area contributed by atoms with E-state index in [2.05, 4.69) is 28.2 Å². The van der Waals surface area contributed by atoms with Crippen molar-refractivity contribution in [3.8, 4) is 0 Å².